The summed E-state index contributed by atoms with van der Waals surface area (Å²) in [6.07, 6.45) is -6.04. The molecule has 0 aromatic heterocycles. The van der Waals surface area contributed by atoms with Gasteiger partial charge in [0, 0.05) is 6.42 Å². The molecule has 0 unspecified atom stereocenters. The monoisotopic (exact) mass is 381 g/mol. The van der Waals surface area contributed by atoms with Gasteiger partial charge in [-0.2, -0.15) is 13.2 Å². The van der Waals surface area contributed by atoms with E-state index < -0.39 is 35.8 Å². The normalized spacial score (nSPS) is 13.5. The molecule has 0 aliphatic heterocycles. The first-order chi connectivity index (χ1) is 12.7. The van der Waals surface area contributed by atoms with Crippen molar-refractivity contribution >= 4 is 11.9 Å². The summed E-state index contributed by atoms with van der Waals surface area (Å²) in [5.41, 5.74) is -0.0783. The molecule has 27 heavy (non-hydrogen) atoms. The molecule has 0 radical (unpaired) electrons. The van der Waals surface area contributed by atoms with Gasteiger partial charge in [-0.25, -0.2) is 4.79 Å². The summed E-state index contributed by atoms with van der Waals surface area (Å²) in [7, 11) is 1.13. The standard InChI is InChI=1S/C19H18F3NO4/c1-27-18(26)15(11-12-7-9-14(10-8-12)19(20,21)22)23-17(25)16(24)13-5-3-2-4-6-13/h2-10,15-16,24H,11H2,1H3,(H,23,25)/t15-,16+/m1/s1. The van der Waals surface area contributed by atoms with E-state index in [1.54, 1.807) is 30.3 Å². The van der Waals surface area contributed by atoms with Crippen LogP contribution in [0.5, 0.6) is 0 Å². The smallest absolute Gasteiger partial charge is 0.416 e. The van der Waals surface area contributed by atoms with E-state index in [0.29, 0.717) is 11.1 Å². The average Bonchev–Trinajstić information content (AvgIpc) is 2.66. The van der Waals surface area contributed by atoms with Crippen molar-refractivity contribution in [3.63, 3.8) is 0 Å². The van der Waals surface area contributed by atoms with Crippen LogP contribution in [0, 0.1) is 0 Å². The second-order valence-corrected chi connectivity index (χ2v) is 5.80. The van der Waals surface area contributed by atoms with Crippen molar-refractivity contribution < 1.29 is 32.6 Å². The molecule has 5 nitrogen and oxygen atoms in total. The zero-order valence-electron chi connectivity index (χ0n) is 14.4. The van der Waals surface area contributed by atoms with Crippen molar-refractivity contribution in [1.29, 1.82) is 0 Å². The van der Waals surface area contributed by atoms with Gasteiger partial charge < -0.3 is 15.2 Å². The average molecular weight is 381 g/mol. The Balaban J connectivity index is 2.11. The van der Waals surface area contributed by atoms with Crippen LogP contribution in [0.25, 0.3) is 0 Å². The number of aliphatic hydroxyl groups is 1. The zero-order chi connectivity index (χ0) is 20.0. The number of rotatable bonds is 6. The number of esters is 1. The minimum absolute atomic E-state index is 0.0853. The number of hydrogen-bond donors (Lipinski definition) is 2. The molecule has 2 aromatic rings. The van der Waals surface area contributed by atoms with Gasteiger partial charge >= 0.3 is 12.1 Å². The van der Waals surface area contributed by atoms with Gasteiger partial charge in [0.15, 0.2) is 6.10 Å². The summed E-state index contributed by atoms with van der Waals surface area (Å²) in [5, 5.41) is 12.5. The number of alkyl halides is 3. The lowest BCUT2D eigenvalue weighted by molar-refractivity contribution is -0.146. The summed E-state index contributed by atoms with van der Waals surface area (Å²) in [6, 6.07) is 11.2. The molecule has 0 bridgehead atoms. The van der Waals surface area contributed by atoms with Crippen LogP contribution in [0.1, 0.15) is 22.8 Å². The highest BCUT2D eigenvalue weighted by Crippen LogP contribution is 2.29. The van der Waals surface area contributed by atoms with Gasteiger partial charge in [-0.15, -0.1) is 0 Å². The highest BCUT2D eigenvalue weighted by atomic mass is 19.4. The molecule has 2 rings (SSSR count). The fourth-order valence-corrected chi connectivity index (χ4v) is 2.44. The number of methoxy groups -OCH3 is 1. The fraction of sp³-hybridized carbons (Fsp3) is 0.263. The van der Waals surface area contributed by atoms with Gasteiger partial charge in [-0.3, -0.25) is 4.79 Å². The molecule has 0 spiro atoms. The predicted molar refractivity (Wildman–Crippen MR) is 90.5 cm³/mol. The Morgan fingerprint density at radius 2 is 1.67 bits per heavy atom. The zero-order valence-corrected chi connectivity index (χ0v) is 14.4. The number of benzene rings is 2. The SMILES string of the molecule is COC(=O)[C@@H](Cc1ccc(C(F)(F)F)cc1)NC(=O)[C@@H](O)c1ccccc1. The van der Waals surface area contributed by atoms with Gasteiger partial charge in [0.05, 0.1) is 12.7 Å². The number of aliphatic hydroxyl groups excluding tert-OH is 1. The van der Waals surface area contributed by atoms with Gasteiger partial charge in [-0.05, 0) is 23.3 Å². The minimum Gasteiger partial charge on any atom is -0.467 e. The topological polar surface area (TPSA) is 75.6 Å². The summed E-state index contributed by atoms with van der Waals surface area (Å²) >= 11 is 0. The van der Waals surface area contributed by atoms with Crippen molar-refractivity contribution in [2.24, 2.45) is 0 Å². The van der Waals surface area contributed by atoms with Crippen molar-refractivity contribution in [2.75, 3.05) is 7.11 Å². The summed E-state index contributed by atoms with van der Waals surface area (Å²) < 4.78 is 42.5. The molecule has 144 valence electrons. The summed E-state index contributed by atoms with van der Waals surface area (Å²) in [4.78, 5) is 24.2. The number of nitrogens with one attached hydrogen (secondary N) is 1. The van der Waals surface area contributed by atoms with Gasteiger partial charge in [0.1, 0.15) is 6.04 Å². The predicted octanol–water partition coefficient (Wildman–Crippen LogP) is 2.64. The Kier molecular flexibility index (Phi) is 6.57. The number of ether oxygens (including phenoxy) is 1. The van der Waals surface area contributed by atoms with Crippen molar-refractivity contribution in [2.45, 2.75) is 24.7 Å². The van der Waals surface area contributed by atoms with Crippen LogP contribution in [0.3, 0.4) is 0 Å². The lowest BCUT2D eigenvalue weighted by Gasteiger charge is -2.19. The molecular formula is C19H18F3NO4. The third kappa shape index (κ3) is 5.55. The first-order valence-electron chi connectivity index (χ1n) is 7.99. The van der Waals surface area contributed by atoms with Crippen molar-refractivity contribution in [3.05, 3.63) is 71.3 Å². The summed E-state index contributed by atoms with van der Waals surface area (Å²) in [5.74, 6) is -1.59. The van der Waals surface area contributed by atoms with Crippen LogP contribution in [-0.2, 0) is 26.9 Å². The lowest BCUT2D eigenvalue weighted by Crippen LogP contribution is -2.45. The second kappa shape index (κ2) is 8.68. The molecule has 1 amide bonds. The van der Waals surface area contributed by atoms with E-state index in [-0.39, 0.29) is 6.42 Å². The number of carbonyl (C=O) groups excluding carboxylic acids is 2. The van der Waals surface area contributed by atoms with Crippen LogP contribution < -0.4 is 5.32 Å². The Morgan fingerprint density at radius 3 is 2.19 bits per heavy atom. The largest absolute Gasteiger partial charge is 0.467 e. The van der Waals surface area contributed by atoms with Crippen LogP contribution in [0.15, 0.2) is 54.6 Å². The van der Waals surface area contributed by atoms with E-state index in [9.17, 15) is 27.9 Å². The molecule has 0 aliphatic rings. The van der Waals surface area contributed by atoms with E-state index >= 15 is 0 Å². The van der Waals surface area contributed by atoms with Crippen LogP contribution >= 0.6 is 0 Å². The maximum Gasteiger partial charge on any atom is 0.416 e. The number of halogens is 3. The van der Waals surface area contributed by atoms with E-state index in [4.69, 9.17) is 0 Å². The first-order valence-corrected chi connectivity index (χ1v) is 7.99. The Bertz CT molecular complexity index is 776. The maximum absolute atomic E-state index is 12.6. The Hall–Kier alpha value is -2.87. The van der Waals surface area contributed by atoms with Crippen LogP contribution in [-0.4, -0.2) is 30.1 Å². The Morgan fingerprint density at radius 1 is 1.07 bits per heavy atom. The van der Waals surface area contributed by atoms with Crippen molar-refractivity contribution in [1.82, 2.24) is 5.32 Å². The molecule has 2 atom stereocenters. The van der Waals surface area contributed by atoms with Gasteiger partial charge in [0.25, 0.3) is 5.91 Å². The highest BCUT2D eigenvalue weighted by Gasteiger charge is 2.30. The molecule has 2 aromatic carbocycles. The second-order valence-electron chi connectivity index (χ2n) is 5.80. The third-order valence-corrected chi connectivity index (χ3v) is 3.89. The molecule has 0 fully saturated rings. The molecule has 8 heteroatoms. The fourth-order valence-electron chi connectivity index (χ4n) is 2.44. The highest BCUT2D eigenvalue weighted by molar-refractivity contribution is 5.87. The van der Waals surface area contributed by atoms with Gasteiger partial charge in [-0.1, -0.05) is 42.5 Å². The number of carbonyl (C=O) groups is 2. The van der Waals surface area contributed by atoms with E-state index in [1.165, 1.54) is 12.1 Å². The molecule has 0 aliphatic carbocycles. The van der Waals surface area contributed by atoms with Crippen LogP contribution in [0.4, 0.5) is 13.2 Å². The van der Waals surface area contributed by atoms with E-state index in [1.807, 2.05) is 0 Å². The molecule has 0 saturated carbocycles. The van der Waals surface area contributed by atoms with Crippen molar-refractivity contribution in [3.8, 4) is 0 Å². The molecule has 0 heterocycles. The molecule has 2 N–H and O–H groups in total. The summed E-state index contributed by atoms with van der Waals surface area (Å²) in [6.45, 7) is 0. The maximum atomic E-state index is 12.6. The van der Waals surface area contributed by atoms with Crippen LogP contribution in [0.2, 0.25) is 0 Å². The molecule has 0 saturated heterocycles. The third-order valence-electron chi connectivity index (χ3n) is 3.89. The first kappa shape index (κ1) is 20.4. The van der Waals surface area contributed by atoms with Gasteiger partial charge in [0.2, 0.25) is 0 Å². The minimum atomic E-state index is -4.46. The molecular weight excluding hydrogens is 363 g/mol. The lowest BCUT2D eigenvalue weighted by atomic mass is 10.0. The Labute approximate surface area is 153 Å². The number of amides is 1. The van der Waals surface area contributed by atoms with E-state index in [0.717, 1.165) is 19.2 Å². The van der Waals surface area contributed by atoms with E-state index in [2.05, 4.69) is 10.1 Å². The number of hydrogen-bond acceptors (Lipinski definition) is 4. The quantitative estimate of drug-likeness (QED) is 0.755.